The Labute approximate surface area is 239 Å². The molecule has 2 saturated carbocycles. The number of halogens is 3. The first-order chi connectivity index (χ1) is 19.6. The van der Waals surface area contributed by atoms with Crippen LogP contribution in [-0.2, 0) is 14.9 Å². The zero-order valence-electron chi connectivity index (χ0n) is 23.7. The minimum absolute atomic E-state index is 0.0619. The number of carboxylic acid groups (broad SMARTS) is 1. The summed E-state index contributed by atoms with van der Waals surface area (Å²) in [6, 6.07) is 5.47. The molecular weight excluding hydrogens is 557 g/mol. The summed E-state index contributed by atoms with van der Waals surface area (Å²) >= 11 is 0. The lowest BCUT2D eigenvalue weighted by atomic mass is 9.84. The van der Waals surface area contributed by atoms with Gasteiger partial charge in [-0.25, -0.2) is 9.78 Å². The van der Waals surface area contributed by atoms with Crippen molar-refractivity contribution >= 4 is 23.2 Å². The summed E-state index contributed by atoms with van der Waals surface area (Å²) in [5.74, 6) is -2.21. The fourth-order valence-corrected chi connectivity index (χ4v) is 5.79. The number of carbonyl (C=O) groups excluding carboxylic acids is 1. The minimum atomic E-state index is -5.08. The van der Waals surface area contributed by atoms with E-state index in [1.165, 1.54) is 0 Å². The summed E-state index contributed by atoms with van der Waals surface area (Å²) in [4.78, 5) is 40.2. The van der Waals surface area contributed by atoms with Crippen molar-refractivity contribution in [2.75, 3.05) is 11.9 Å². The smallest absolute Gasteiger partial charge is 0.490 e. The topological polar surface area (TPSA) is 124 Å². The summed E-state index contributed by atoms with van der Waals surface area (Å²) < 4.78 is 47.4. The van der Waals surface area contributed by atoms with Crippen molar-refractivity contribution in [2.24, 2.45) is 5.92 Å². The highest BCUT2D eigenvalue weighted by atomic mass is 19.4. The summed E-state index contributed by atoms with van der Waals surface area (Å²) in [5, 5.41) is 9.95. The number of ether oxygens (including phenoxy) is 2. The summed E-state index contributed by atoms with van der Waals surface area (Å²) in [6.07, 6.45) is 4.38. The van der Waals surface area contributed by atoms with Gasteiger partial charge in [-0.3, -0.25) is 9.59 Å². The van der Waals surface area contributed by atoms with Gasteiger partial charge in [0.05, 0.1) is 29.6 Å². The summed E-state index contributed by atoms with van der Waals surface area (Å²) in [5.41, 5.74) is 2.04. The Morgan fingerprint density at radius 3 is 2.48 bits per heavy atom. The first-order valence-corrected chi connectivity index (χ1v) is 13.8. The Kier molecular flexibility index (Phi) is 7.36. The molecule has 2 aliphatic carbocycles. The number of anilines is 1. The maximum atomic E-state index is 13.4. The number of hydrogen-bond acceptors (Lipinski definition) is 6. The maximum absolute atomic E-state index is 13.4. The third kappa shape index (κ3) is 5.74. The molecule has 0 spiro atoms. The average molecular weight is 591 g/mol. The fraction of sp³-hybridized carbons (Fsp3) is 0.517. The van der Waals surface area contributed by atoms with Gasteiger partial charge in [0, 0.05) is 36.1 Å². The molecule has 1 amide bonds. The molecule has 6 rings (SSSR count). The molecule has 226 valence electrons. The van der Waals surface area contributed by atoms with E-state index in [0.717, 1.165) is 37.0 Å². The largest absolute Gasteiger partial charge is 0.490 e. The number of aromatic nitrogens is 3. The van der Waals surface area contributed by atoms with Crippen molar-refractivity contribution in [1.82, 2.24) is 14.0 Å². The van der Waals surface area contributed by atoms with E-state index in [9.17, 15) is 22.8 Å². The molecule has 13 heteroatoms. The molecule has 0 unspecified atom stereocenters. The van der Waals surface area contributed by atoms with E-state index in [1.807, 2.05) is 30.5 Å². The van der Waals surface area contributed by atoms with Crippen LogP contribution in [-0.4, -0.2) is 55.4 Å². The summed E-state index contributed by atoms with van der Waals surface area (Å²) in [7, 11) is 0. The third-order valence-electron chi connectivity index (χ3n) is 8.14. The molecule has 3 aromatic heterocycles. The number of carboxylic acids is 1. The van der Waals surface area contributed by atoms with Gasteiger partial charge in [-0.1, -0.05) is 6.92 Å². The molecule has 3 aliphatic rings. The van der Waals surface area contributed by atoms with E-state index < -0.39 is 12.1 Å². The van der Waals surface area contributed by atoms with Gasteiger partial charge in [-0.05, 0) is 64.5 Å². The van der Waals surface area contributed by atoms with Crippen LogP contribution in [0.15, 0.2) is 41.6 Å². The van der Waals surface area contributed by atoms with Crippen molar-refractivity contribution in [2.45, 2.75) is 82.7 Å². The second-order valence-electron chi connectivity index (χ2n) is 12.0. The minimum Gasteiger partial charge on any atom is -0.490 e. The fourth-order valence-electron chi connectivity index (χ4n) is 5.79. The van der Waals surface area contributed by atoms with Gasteiger partial charge < -0.3 is 28.9 Å². The lowest BCUT2D eigenvalue weighted by molar-refractivity contribution is -0.192. The molecule has 0 aromatic carbocycles. The van der Waals surface area contributed by atoms with Crippen LogP contribution in [0.25, 0.3) is 5.65 Å². The van der Waals surface area contributed by atoms with Crippen LogP contribution in [0.4, 0.5) is 18.9 Å². The van der Waals surface area contributed by atoms with Crippen LogP contribution in [0.5, 0.6) is 5.75 Å². The molecule has 10 nitrogen and oxygen atoms in total. The number of fused-ring (bicyclic) bond motifs is 3. The zero-order chi connectivity index (χ0) is 30.6. The Balaban J connectivity index is 0.000000451. The van der Waals surface area contributed by atoms with Crippen LogP contribution >= 0.6 is 0 Å². The number of aliphatic carboxylic acids is 1. The second-order valence-corrected chi connectivity index (χ2v) is 12.0. The van der Waals surface area contributed by atoms with Gasteiger partial charge in [0.15, 0.2) is 0 Å². The zero-order valence-corrected chi connectivity index (χ0v) is 23.7. The van der Waals surface area contributed by atoms with Crippen molar-refractivity contribution < 1.29 is 37.3 Å². The van der Waals surface area contributed by atoms with Gasteiger partial charge in [0.2, 0.25) is 0 Å². The Morgan fingerprint density at radius 1 is 1.26 bits per heavy atom. The SMILES string of the molecule is CC(C)Oc1cc2nc([C@@]34CC[C@@](C)(C3)OC4)cn2cc1C(=O)Nc1cccn([C@H]2C[C@H]2C)c1=O.O=C(O)C(F)(F)F. The Hall–Kier alpha value is -3.87. The van der Waals surface area contributed by atoms with Gasteiger partial charge in [-0.2, -0.15) is 13.2 Å². The molecule has 2 N–H and O–H groups in total. The molecule has 1 saturated heterocycles. The predicted molar refractivity (Wildman–Crippen MR) is 146 cm³/mol. The molecule has 0 radical (unpaired) electrons. The molecule has 2 bridgehead atoms. The number of pyridine rings is 2. The predicted octanol–water partition coefficient (Wildman–Crippen LogP) is 4.96. The lowest BCUT2D eigenvalue weighted by Crippen LogP contribution is -2.26. The van der Waals surface area contributed by atoms with Crippen molar-refractivity contribution in [1.29, 1.82) is 0 Å². The number of hydrogen-bond donors (Lipinski definition) is 2. The van der Waals surface area contributed by atoms with Crippen LogP contribution in [0.1, 0.15) is 75.5 Å². The van der Waals surface area contributed by atoms with E-state index >= 15 is 0 Å². The molecule has 4 heterocycles. The van der Waals surface area contributed by atoms with Crippen molar-refractivity contribution in [3.8, 4) is 5.75 Å². The van der Waals surface area contributed by atoms with E-state index in [4.69, 9.17) is 24.4 Å². The molecule has 4 atom stereocenters. The summed E-state index contributed by atoms with van der Waals surface area (Å²) in [6.45, 7) is 8.81. The number of nitrogens with zero attached hydrogens (tertiary/aromatic N) is 3. The number of imidazole rings is 1. The van der Waals surface area contributed by atoms with Gasteiger partial charge >= 0.3 is 12.1 Å². The maximum Gasteiger partial charge on any atom is 0.490 e. The highest BCUT2D eigenvalue weighted by Crippen LogP contribution is 2.53. The van der Waals surface area contributed by atoms with Crippen LogP contribution in [0, 0.1) is 5.92 Å². The van der Waals surface area contributed by atoms with Gasteiger partial charge in [0.25, 0.3) is 11.5 Å². The van der Waals surface area contributed by atoms with E-state index in [-0.39, 0.29) is 40.3 Å². The highest BCUT2D eigenvalue weighted by molar-refractivity contribution is 6.06. The number of rotatable bonds is 6. The number of alkyl halides is 3. The Morgan fingerprint density at radius 2 is 1.95 bits per heavy atom. The first kappa shape index (κ1) is 29.6. The quantitative estimate of drug-likeness (QED) is 0.416. The molecule has 1 aliphatic heterocycles. The van der Waals surface area contributed by atoms with Gasteiger partial charge in [-0.15, -0.1) is 0 Å². The van der Waals surface area contributed by atoms with E-state index in [2.05, 4.69) is 19.2 Å². The van der Waals surface area contributed by atoms with Gasteiger partial charge in [0.1, 0.15) is 17.1 Å². The van der Waals surface area contributed by atoms with Crippen LogP contribution in [0.3, 0.4) is 0 Å². The second kappa shape index (κ2) is 10.4. The van der Waals surface area contributed by atoms with Crippen LogP contribution < -0.4 is 15.6 Å². The monoisotopic (exact) mass is 590 g/mol. The van der Waals surface area contributed by atoms with E-state index in [0.29, 0.717) is 23.8 Å². The van der Waals surface area contributed by atoms with Crippen molar-refractivity contribution in [3.05, 3.63) is 58.4 Å². The number of nitrogens with one attached hydrogen (secondary N) is 1. The van der Waals surface area contributed by atoms with E-state index in [1.54, 1.807) is 29.1 Å². The average Bonchev–Trinajstić information content (AvgIpc) is 3.22. The standard InChI is InChI=1S/C27H32N4O4.C2HF3O2/c1-16(2)35-21-11-23-29-22(27-8-7-26(4,14-27)34-15-27)13-30(23)12-18(21)24(32)28-19-6-5-9-31(25(19)33)20-10-17(20)3;3-2(4,5)1(6)7/h5-6,9,11-13,16-17,20H,7-8,10,14-15H2,1-4H3,(H,28,32);(H,6,7)/t17-,20+,26+,27+;/m1./s1. The Bertz CT molecular complexity index is 1590. The number of amides is 1. The normalized spacial score (nSPS) is 26.2. The lowest BCUT2D eigenvalue weighted by Gasteiger charge is -2.24. The highest BCUT2D eigenvalue weighted by Gasteiger charge is 2.55. The molecular formula is C29H33F3N4O6. The third-order valence-corrected chi connectivity index (χ3v) is 8.14. The molecule has 42 heavy (non-hydrogen) atoms. The van der Waals surface area contributed by atoms with Crippen LogP contribution in [0.2, 0.25) is 0 Å². The molecule has 3 fully saturated rings. The number of carbonyl (C=O) groups is 2. The first-order valence-electron chi connectivity index (χ1n) is 13.8. The molecule has 3 aromatic rings. The van der Waals surface area contributed by atoms with Crippen molar-refractivity contribution in [3.63, 3.8) is 0 Å².